The predicted molar refractivity (Wildman–Crippen MR) is 45.2 cm³/mol. The number of hydrogen-bond acceptors (Lipinski definition) is 3. The third-order valence-corrected chi connectivity index (χ3v) is 1.55. The fourth-order valence-electron chi connectivity index (χ4n) is 0.956. The van der Waals surface area contributed by atoms with Crippen molar-refractivity contribution in [2.24, 2.45) is 0 Å². The van der Waals surface area contributed by atoms with Crippen molar-refractivity contribution in [2.75, 3.05) is 0 Å². The van der Waals surface area contributed by atoms with Crippen LogP contribution in [0.1, 0.15) is 0 Å². The first-order chi connectivity index (χ1) is 6.36. The van der Waals surface area contributed by atoms with Crippen LogP contribution in [0.2, 0.25) is 0 Å². The monoisotopic (exact) mass is 175 g/mol. The normalized spacial score (nSPS) is 9.92. The Balaban J connectivity index is 2.42. The third-order valence-electron chi connectivity index (χ3n) is 1.55. The second-order valence-electron chi connectivity index (χ2n) is 2.44. The first kappa shape index (κ1) is 7.79. The Morgan fingerprint density at radius 2 is 1.77 bits per heavy atom. The first-order valence-corrected chi connectivity index (χ1v) is 3.75. The van der Waals surface area contributed by atoms with Crippen LogP contribution in [0.4, 0.5) is 4.39 Å². The van der Waals surface area contributed by atoms with Crippen LogP contribution in [0.15, 0.2) is 36.8 Å². The Morgan fingerprint density at radius 3 is 2.38 bits per heavy atom. The zero-order valence-corrected chi connectivity index (χ0v) is 6.68. The molecule has 0 saturated carbocycles. The lowest BCUT2D eigenvalue weighted by Crippen LogP contribution is -1.88. The van der Waals surface area contributed by atoms with Gasteiger partial charge in [0.1, 0.15) is 0 Å². The summed E-state index contributed by atoms with van der Waals surface area (Å²) in [6, 6.07) is 4.60. The second-order valence-corrected chi connectivity index (χ2v) is 2.44. The van der Waals surface area contributed by atoms with Crippen molar-refractivity contribution in [3.8, 4) is 11.4 Å². The third kappa shape index (κ3) is 1.66. The molecule has 0 aliphatic rings. The van der Waals surface area contributed by atoms with E-state index in [1.165, 1.54) is 12.3 Å². The van der Waals surface area contributed by atoms with Gasteiger partial charge in [-0.2, -0.15) is 4.39 Å². The maximum Gasteiger partial charge on any atom is 0.212 e. The van der Waals surface area contributed by atoms with Gasteiger partial charge in [-0.3, -0.25) is 0 Å². The van der Waals surface area contributed by atoms with Crippen molar-refractivity contribution in [1.29, 1.82) is 0 Å². The maximum absolute atomic E-state index is 12.5. The molecule has 0 aliphatic heterocycles. The summed E-state index contributed by atoms with van der Waals surface area (Å²) in [5, 5.41) is 0. The highest BCUT2D eigenvalue weighted by molar-refractivity contribution is 5.52. The molecule has 64 valence electrons. The minimum absolute atomic E-state index is 0.500. The molecule has 0 bridgehead atoms. The van der Waals surface area contributed by atoms with Gasteiger partial charge in [0.05, 0.1) is 0 Å². The van der Waals surface area contributed by atoms with Gasteiger partial charge in [-0.05, 0) is 18.2 Å². The SMILES string of the molecule is Fc1ccc(-c2ncccn2)cn1. The summed E-state index contributed by atoms with van der Waals surface area (Å²) in [5.41, 5.74) is 0.710. The molecule has 0 aromatic carbocycles. The maximum atomic E-state index is 12.5. The lowest BCUT2D eigenvalue weighted by atomic mass is 10.3. The van der Waals surface area contributed by atoms with E-state index in [0.717, 1.165) is 0 Å². The summed E-state index contributed by atoms with van der Waals surface area (Å²) in [4.78, 5) is 11.5. The van der Waals surface area contributed by atoms with Gasteiger partial charge in [-0.15, -0.1) is 0 Å². The molecule has 0 unspecified atom stereocenters. The van der Waals surface area contributed by atoms with Gasteiger partial charge in [-0.25, -0.2) is 15.0 Å². The summed E-state index contributed by atoms with van der Waals surface area (Å²) >= 11 is 0. The molecule has 0 radical (unpaired) electrons. The van der Waals surface area contributed by atoms with Gasteiger partial charge in [0.2, 0.25) is 5.95 Å². The Kier molecular flexibility index (Phi) is 1.96. The lowest BCUT2D eigenvalue weighted by Gasteiger charge is -1.96. The van der Waals surface area contributed by atoms with E-state index in [4.69, 9.17) is 0 Å². The molecule has 0 spiro atoms. The van der Waals surface area contributed by atoms with Crippen molar-refractivity contribution >= 4 is 0 Å². The summed E-state index contributed by atoms with van der Waals surface area (Å²) in [6.45, 7) is 0. The number of pyridine rings is 1. The Morgan fingerprint density at radius 1 is 1.00 bits per heavy atom. The van der Waals surface area contributed by atoms with Crippen molar-refractivity contribution in [3.05, 3.63) is 42.7 Å². The molecule has 0 atom stereocenters. The molecule has 0 aliphatic carbocycles. The van der Waals surface area contributed by atoms with E-state index in [1.807, 2.05) is 0 Å². The molecule has 0 amide bonds. The van der Waals surface area contributed by atoms with E-state index < -0.39 is 5.95 Å². The van der Waals surface area contributed by atoms with Crippen LogP contribution in [0.25, 0.3) is 11.4 Å². The van der Waals surface area contributed by atoms with E-state index in [-0.39, 0.29) is 0 Å². The smallest absolute Gasteiger partial charge is 0.212 e. The molecule has 2 aromatic rings. The van der Waals surface area contributed by atoms with Crippen molar-refractivity contribution < 1.29 is 4.39 Å². The van der Waals surface area contributed by atoms with E-state index in [1.54, 1.807) is 24.5 Å². The van der Waals surface area contributed by atoms with Gasteiger partial charge in [0.25, 0.3) is 0 Å². The van der Waals surface area contributed by atoms with Crippen LogP contribution < -0.4 is 0 Å². The van der Waals surface area contributed by atoms with Crippen molar-refractivity contribution in [3.63, 3.8) is 0 Å². The van der Waals surface area contributed by atoms with Crippen molar-refractivity contribution in [2.45, 2.75) is 0 Å². The number of hydrogen-bond donors (Lipinski definition) is 0. The average Bonchev–Trinajstić information content (AvgIpc) is 2.20. The summed E-state index contributed by atoms with van der Waals surface area (Å²) in [7, 11) is 0. The van der Waals surface area contributed by atoms with Crippen LogP contribution in [-0.2, 0) is 0 Å². The number of nitrogens with zero attached hydrogens (tertiary/aromatic N) is 3. The molecule has 0 fully saturated rings. The number of aromatic nitrogens is 3. The molecule has 0 N–H and O–H groups in total. The molecule has 0 saturated heterocycles. The van der Waals surface area contributed by atoms with E-state index in [0.29, 0.717) is 11.4 Å². The van der Waals surface area contributed by atoms with Crippen LogP contribution in [-0.4, -0.2) is 15.0 Å². The molecule has 4 heteroatoms. The predicted octanol–water partition coefficient (Wildman–Crippen LogP) is 1.68. The highest BCUT2D eigenvalue weighted by Crippen LogP contribution is 2.11. The summed E-state index contributed by atoms with van der Waals surface area (Å²) < 4.78 is 12.5. The lowest BCUT2D eigenvalue weighted by molar-refractivity contribution is 0.584. The zero-order chi connectivity index (χ0) is 9.10. The fourth-order valence-corrected chi connectivity index (χ4v) is 0.956. The first-order valence-electron chi connectivity index (χ1n) is 3.75. The quantitative estimate of drug-likeness (QED) is 0.619. The minimum atomic E-state index is -0.500. The summed E-state index contributed by atoms with van der Waals surface area (Å²) in [6.07, 6.45) is 4.67. The van der Waals surface area contributed by atoms with Crippen LogP contribution in [0.5, 0.6) is 0 Å². The second kappa shape index (κ2) is 3.26. The molecule has 3 nitrogen and oxygen atoms in total. The highest BCUT2D eigenvalue weighted by Gasteiger charge is 1.99. The minimum Gasteiger partial charge on any atom is -0.237 e. The van der Waals surface area contributed by atoms with Gasteiger partial charge < -0.3 is 0 Å². The number of halogens is 1. The fraction of sp³-hybridized carbons (Fsp3) is 0. The van der Waals surface area contributed by atoms with Gasteiger partial charge in [0, 0.05) is 24.2 Å². The topological polar surface area (TPSA) is 38.7 Å². The number of rotatable bonds is 1. The molecule has 13 heavy (non-hydrogen) atoms. The zero-order valence-electron chi connectivity index (χ0n) is 6.68. The Hall–Kier alpha value is -1.84. The van der Waals surface area contributed by atoms with E-state index >= 15 is 0 Å². The molecular weight excluding hydrogens is 169 g/mol. The van der Waals surface area contributed by atoms with Gasteiger partial charge in [-0.1, -0.05) is 0 Å². The van der Waals surface area contributed by atoms with Gasteiger partial charge in [0.15, 0.2) is 5.82 Å². The van der Waals surface area contributed by atoms with Crippen LogP contribution in [0.3, 0.4) is 0 Å². The Labute approximate surface area is 74.3 Å². The largest absolute Gasteiger partial charge is 0.237 e. The average molecular weight is 175 g/mol. The molecule has 2 heterocycles. The van der Waals surface area contributed by atoms with Crippen LogP contribution >= 0.6 is 0 Å². The van der Waals surface area contributed by atoms with E-state index in [9.17, 15) is 4.39 Å². The molecule has 2 aromatic heterocycles. The van der Waals surface area contributed by atoms with Gasteiger partial charge >= 0.3 is 0 Å². The molecular formula is C9H6FN3. The molecule has 2 rings (SSSR count). The van der Waals surface area contributed by atoms with Crippen molar-refractivity contribution in [1.82, 2.24) is 15.0 Å². The van der Waals surface area contributed by atoms with Crippen LogP contribution in [0, 0.1) is 5.95 Å². The van der Waals surface area contributed by atoms with E-state index in [2.05, 4.69) is 15.0 Å². The highest BCUT2D eigenvalue weighted by atomic mass is 19.1. The summed E-state index contributed by atoms with van der Waals surface area (Å²) in [5.74, 6) is 0.0506. The Bertz CT molecular complexity index is 385. The standard InChI is InChI=1S/C9H6FN3/c10-8-3-2-7(6-13-8)9-11-4-1-5-12-9/h1-6H.